The van der Waals surface area contributed by atoms with E-state index in [1.54, 1.807) is 13.0 Å². The summed E-state index contributed by atoms with van der Waals surface area (Å²) >= 11 is 0. The van der Waals surface area contributed by atoms with E-state index in [9.17, 15) is 9.59 Å². The van der Waals surface area contributed by atoms with Crippen molar-refractivity contribution in [1.29, 1.82) is 0 Å². The largest absolute Gasteiger partial charge is 0.462 e. The second-order valence-electron chi connectivity index (χ2n) is 4.51. The average molecular weight is 271 g/mol. The van der Waals surface area contributed by atoms with Gasteiger partial charge in [0, 0.05) is 30.1 Å². The molecule has 0 unspecified atom stereocenters. The fourth-order valence-corrected chi connectivity index (χ4v) is 2.23. The molecule has 1 aliphatic rings. The molecule has 0 saturated heterocycles. The van der Waals surface area contributed by atoms with E-state index < -0.39 is 5.97 Å². The number of Topliss-reactive ketones (excluding diaryl/α,β-unsaturated/α-hetero) is 1. The molecule has 0 N–H and O–H groups in total. The standard InChI is InChI=1S/C16H17NO3/c1-4-20-16(19)15(11(2)18)13-9-10-17(3)14-8-6-5-7-12(13)14/h5-10H,4H2,1-3H3/b15-13-. The van der Waals surface area contributed by atoms with Crippen LogP contribution < -0.4 is 4.90 Å². The van der Waals surface area contributed by atoms with Crippen LogP contribution in [0.2, 0.25) is 0 Å². The zero-order valence-corrected chi connectivity index (χ0v) is 11.8. The van der Waals surface area contributed by atoms with Crippen LogP contribution >= 0.6 is 0 Å². The van der Waals surface area contributed by atoms with Crippen molar-refractivity contribution >= 4 is 23.0 Å². The van der Waals surface area contributed by atoms with Gasteiger partial charge < -0.3 is 9.64 Å². The average Bonchev–Trinajstić information content (AvgIpc) is 2.42. The highest BCUT2D eigenvalue weighted by Crippen LogP contribution is 2.34. The van der Waals surface area contributed by atoms with E-state index in [0.29, 0.717) is 5.57 Å². The number of rotatable bonds is 3. The maximum absolute atomic E-state index is 12.0. The lowest BCUT2D eigenvalue weighted by molar-refractivity contribution is -0.139. The minimum Gasteiger partial charge on any atom is -0.462 e. The summed E-state index contributed by atoms with van der Waals surface area (Å²) in [6.07, 6.45) is 3.61. The number of esters is 1. The number of carbonyl (C=O) groups excluding carboxylic acids is 2. The van der Waals surface area contributed by atoms with E-state index in [1.807, 2.05) is 42.4 Å². The third kappa shape index (κ3) is 2.50. The van der Waals surface area contributed by atoms with Crippen LogP contribution in [-0.4, -0.2) is 25.4 Å². The van der Waals surface area contributed by atoms with Gasteiger partial charge in [0.25, 0.3) is 0 Å². The molecule has 1 aliphatic heterocycles. The highest BCUT2D eigenvalue weighted by molar-refractivity contribution is 6.23. The molecular formula is C16H17NO3. The maximum atomic E-state index is 12.0. The van der Waals surface area contributed by atoms with Gasteiger partial charge >= 0.3 is 5.97 Å². The first-order chi connectivity index (χ1) is 9.56. The minimum absolute atomic E-state index is 0.101. The number of hydrogen-bond donors (Lipinski definition) is 0. The summed E-state index contributed by atoms with van der Waals surface area (Å²) in [6, 6.07) is 7.65. The number of ketones is 1. The Bertz CT molecular complexity index is 614. The molecule has 1 aromatic rings. The predicted octanol–water partition coefficient (Wildman–Crippen LogP) is 2.56. The van der Waals surface area contributed by atoms with Gasteiger partial charge in [-0.2, -0.15) is 0 Å². The van der Waals surface area contributed by atoms with Crippen LogP contribution in [0.5, 0.6) is 0 Å². The molecule has 0 spiro atoms. The number of hydrogen-bond acceptors (Lipinski definition) is 4. The first kappa shape index (κ1) is 14.1. The van der Waals surface area contributed by atoms with Crippen LogP contribution in [-0.2, 0) is 14.3 Å². The number of nitrogens with zero attached hydrogens (tertiary/aromatic N) is 1. The predicted molar refractivity (Wildman–Crippen MR) is 78.2 cm³/mol. The van der Waals surface area contributed by atoms with Crippen molar-refractivity contribution in [3.63, 3.8) is 0 Å². The lowest BCUT2D eigenvalue weighted by Gasteiger charge is -2.24. The molecular weight excluding hydrogens is 254 g/mol. The first-order valence-corrected chi connectivity index (χ1v) is 6.49. The number of anilines is 1. The molecule has 0 amide bonds. The Hall–Kier alpha value is -2.36. The number of ether oxygens (including phenoxy) is 1. The molecule has 0 radical (unpaired) electrons. The molecule has 104 valence electrons. The van der Waals surface area contributed by atoms with Crippen molar-refractivity contribution in [3.05, 3.63) is 47.7 Å². The molecule has 4 nitrogen and oxygen atoms in total. The summed E-state index contributed by atoms with van der Waals surface area (Å²) in [5.74, 6) is -0.860. The fourth-order valence-electron chi connectivity index (χ4n) is 2.23. The van der Waals surface area contributed by atoms with Crippen molar-refractivity contribution < 1.29 is 14.3 Å². The number of allylic oxidation sites excluding steroid dienone is 2. The van der Waals surface area contributed by atoms with Gasteiger partial charge in [-0.3, -0.25) is 4.79 Å². The molecule has 2 rings (SSSR count). The Morgan fingerprint density at radius 3 is 2.60 bits per heavy atom. The van der Waals surface area contributed by atoms with Crippen LogP contribution in [0.4, 0.5) is 5.69 Å². The number of carbonyl (C=O) groups is 2. The van der Waals surface area contributed by atoms with E-state index in [1.165, 1.54) is 6.92 Å². The summed E-state index contributed by atoms with van der Waals surface area (Å²) in [4.78, 5) is 25.8. The molecule has 1 heterocycles. The first-order valence-electron chi connectivity index (χ1n) is 6.49. The van der Waals surface area contributed by atoms with E-state index in [2.05, 4.69) is 0 Å². The normalized spacial score (nSPS) is 15.7. The topological polar surface area (TPSA) is 46.6 Å². The van der Waals surface area contributed by atoms with Gasteiger partial charge in [0.1, 0.15) is 5.57 Å². The third-order valence-electron chi connectivity index (χ3n) is 3.14. The SMILES string of the molecule is CCOC(=O)/C(C(C)=O)=C1/C=CN(C)c2ccccc21. The highest BCUT2D eigenvalue weighted by atomic mass is 16.5. The maximum Gasteiger partial charge on any atom is 0.342 e. The lowest BCUT2D eigenvalue weighted by Crippen LogP contribution is -2.19. The van der Waals surface area contributed by atoms with Crippen molar-refractivity contribution in [2.75, 3.05) is 18.6 Å². The van der Waals surface area contributed by atoms with Gasteiger partial charge in [0.15, 0.2) is 5.78 Å². The zero-order valence-electron chi connectivity index (χ0n) is 11.8. The van der Waals surface area contributed by atoms with Crippen molar-refractivity contribution in [3.8, 4) is 0 Å². The molecule has 1 aromatic carbocycles. The third-order valence-corrected chi connectivity index (χ3v) is 3.14. The Morgan fingerprint density at radius 2 is 1.95 bits per heavy atom. The van der Waals surface area contributed by atoms with Crippen LogP contribution in [0.25, 0.3) is 5.57 Å². The van der Waals surface area contributed by atoms with Crippen LogP contribution in [0.3, 0.4) is 0 Å². The van der Waals surface area contributed by atoms with Crippen molar-refractivity contribution in [1.82, 2.24) is 0 Å². The molecule has 0 aromatic heterocycles. The molecule has 0 aliphatic carbocycles. The summed E-state index contributed by atoms with van der Waals surface area (Å²) in [6.45, 7) is 3.35. The Labute approximate surface area is 118 Å². The van der Waals surface area contributed by atoms with Crippen LogP contribution in [0.1, 0.15) is 19.4 Å². The summed E-state index contributed by atoms with van der Waals surface area (Å²) in [5.41, 5.74) is 2.53. The molecule has 20 heavy (non-hydrogen) atoms. The summed E-state index contributed by atoms with van der Waals surface area (Å²) in [7, 11) is 1.92. The van der Waals surface area contributed by atoms with E-state index in [4.69, 9.17) is 4.74 Å². The summed E-state index contributed by atoms with van der Waals surface area (Å²) < 4.78 is 5.00. The monoisotopic (exact) mass is 271 g/mol. The second kappa shape index (κ2) is 5.74. The quantitative estimate of drug-likeness (QED) is 0.367. The Balaban J connectivity index is 2.64. The van der Waals surface area contributed by atoms with Crippen LogP contribution in [0, 0.1) is 0 Å². The van der Waals surface area contributed by atoms with Gasteiger partial charge in [0.2, 0.25) is 0 Å². The second-order valence-corrected chi connectivity index (χ2v) is 4.51. The van der Waals surface area contributed by atoms with E-state index >= 15 is 0 Å². The molecule has 0 fully saturated rings. The Kier molecular flexibility index (Phi) is 4.03. The van der Waals surface area contributed by atoms with Gasteiger partial charge in [-0.05, 0) is 26.0 Å². The van der Waals surface area contributed by atoms with Crippen molar-refractivity contribution in [2.45, 2.75) is 13.8 Å². The molecule has 0 saturated carbocycles. The fraction of sp³-hybridized carbons (Fsp3) is 0.250. The lowest BCUT2D eigenvalue weighted by atomic mass is 9.94. The number of benzene rings is 1. The van der Waals surface area contributed by atoms with Crippen molar-refractivity contribution in [2.24, 2.45) is 0 Å². The molecule has 4 heteroatoms. The Morgan fingerprint density at radius 1 is 1.25 bits per heavy atom. The van der Waals surface area contributed by atoms with Gasteiger partial charge in [0.05, 0.1) is 6.61 Å². The van der Waals surface area contributed by atoms with Gasteiger partial charge in [-0.25, -0.2) is 4.79 Å². The number of para-hydroxylation sites is 1. The van der Waals surface area contributed by atoms with Gasteiger partial charge in [-0.1, -0.05) is 18.2 Å². The van der Waals surface area contributed by atoms with E-state index in [0.717, 1.165) is 11.3 Å². The zero-order chi connectivity index (χ0) is 14.7. The smallest absolute Gasteiger partial charge is 0.342 e. The van der Waals surface area contributed by atoms with Gasteiger partial charge in [-0.15, -0.1) is 0 Å². The minimum atomic E-state index is -0.570. The number of fused-ring (bicyclic) bond motifs is 1. The molecule has 0 atom stereocenters. The van der Waals surface area contributed by atoms with E-state index in [-0.39, 0.29) is 18.0 Å². The highest BCUT2D eigenvalue weighted by Gasteiger charge is 2.24. The molecule has 0 bridgehead atoms. The van der Waals surface area contributed by atoms with Crippen LogP contribution in [0.15, 0.2) is 42.1 Å². The summed E-state index contributed by atoms with van der Waals surface area (Å²) in [5, 5.41) is 0.